The minimum Gasteiger partial charge on any atom is -0.379 e. The maximum Gasteiger partial charge on any atom is 0.315 e. The van der Waals surface area contributed by atoms with Gasteiger partial charge in [-0.2, -0.15) is 0 Å². The van der Waals surface area contributed by atoms with Crippen molar-refractivity contribution >= 4 is 6.03 Å². The van der Waals surface area contributed by atoms with Crippen molar-refractivity contribution in [3.8, 4) is 0 Å². The van der Waals surface area contributed by atoms with E-state index in [9.17, 15) is 4.79 Å². The molecule has 3 rings (SSSR count). The Labute approximate surface area is 173 Å². The van der Waals surface area contributed by atoms with Gasteiger partial charge < -0.3 is 19.9 Å². The average molecular weight is 400 g/mol. The van der Waals surface area contributed by atoms with Crippen LogP contribution in [0, 0.1) is 5.92 Å². The van der Waals surface area contributed by atoms with Gasteiger partial charge in [-0.15, -0.1) is 0 Å². The summed E-state index contributed by atoms with van der Waals surface area (Å²) in [6.07, 6.45) is 4.69. The number of nitrogens with one attached hydrogen (secondary N) is 2. The summed E-state index contributed by atoms with van der Waals surface area (Å²) in [5.41, 5.74) is 1.00. The molecule has 1 fully saturated rings. The highest BCUT2D eigenvalue weighted by molar-refractivity contribution is 5.74. The quantitative estimate of drug-likeness (QED) is 0.716. The molecule has 7 heteroatoms. The van der Waals surface area contributed by atoms with Crippen LogP contribution in [0.1, 0.15) is 37.7 Å². The maximum absolute atomic E-state index is 12.8. The molecule has 0 radical (unpaired) electrons. The Morgan fingerprint density at radius 3 is 2.55 bits per heavy atom. The predicted octanol–water partition coefficient (Wildman–Crippen LogP) is 2.56. The summed E-state index contributed by atoms with van der Waals surface area (Å²) in [6, 6.07) is 9.77. The number of urea groups is 1. The molecule has 0 spiro atoms. The number of amides is 2. The largest absolute Gasteiger partial charge is 0.379 e. The Morgan fingerprint density at radius 2 is 1.93 bits per heavy atom. The van der Waals surface area contributed by atoms with Crippen LogP contribution in [-0.4, -0.2) is 59.4 Å². The lowest BCUT2D eigenvalue weighted by Crippen LogP contribution is -2.51. The predicted molar refractivity (Wildman–Crippen MR) is 114 cm³/mol. The van der Waals surface area contributed by atoms with E-state index in [2.05, 4.69) is 34.4 Å². The summed E-state index contributed by atoms with van der Waals surface area (Å²) in [6.45, 7) is 8.42. The molecule has 0 aliphatic carbocycles. The smallest absolute Gasteiger partial charge is 0.315 e. The molecule has 1 aromatic carbocycles. The van der Waals surface area contributed by atoms with Gasteiger partial charge in [-0.05, 0) is 17.9 Å². The van der Waals surface area contributed by atoms with Gasteiger partial charge in [0.15, 0.2) is 0 Å². The van der Waals surface area contributed by atoms with Gasteiger partial charge in [-0.3, -0.25) is 4.90 Å². The van der Waals surface area contributed by atoms with Crippen LogP contribution < -0.4 is 10.6 Å². The molecule has 7 nitrogen and oxygen atoms in total. The summed E-state index contributed by atoms with van der Waals surface area (Å²) < 4.78 is 7.42. The Morgan fingerprint density at radius 1 is 1.21 bits per heavy atom. The molecule has 2 amide bonds. The van der Waals surface area contributed by atoms with E-state index in [1.165, 1.54) is 0 Å². The number of aromatic nitrogens is 2. The van der Waals surface area contributed by atoms with E-state index in [0.29, 0.717) is 18.5 Å². The Hall–Kier alpha value is -2.38. The highest BCUT2D eigenvalue weighted by Crippen LogP contribution is 2.20. The van der Waals surface area contributed by atoms with Crippen molar-refractivity contribution in [3.63, 3.8) is 0 Å². The van der Waals surface area contributed by atoms with Crippen LogP contribution >= 0.6 is 0 Å². The molecule has 2 atom stereocenters. The number of morpholine rings is 1. The first-order valence-electron chi connectivity index (χ1n) is 10.4. The molecular formula is C22H33N5O2. The van der Waals surface area contributed by atoms with Gasteiger partial charge in [0, 0.05) is 45.1 Å². The molecule has 0 saturated carbocycles. The van der Waals surface area contributed by atoms with Gasteiger partial charge in [0.25, 0.3) is 0 Å². The molecule has 2 unspecified atom stereocenters. The lowest BCUT2D eigenvalue weighted by molar-refractivity contribution is 0.0129. The lowest BCUT2D eigenvalue weighted by Gasteiger charge is -2.35. The van der Waals surface area contributed by atoms with Crippen LogP contribution in [0.2, 0.25) is 0 Å². The zero-order valence-electron chi connectivity index (χ0n) is 17.7. The lowest BCUT2D eigenvalue weighted by atomic mass is 10.0. The van der Waals surface area contributed by atoms with E-state index in [4.69, 9.17) is 4.74 Å². The summed E-state index contributed by atoms with van der Waals surface area (Å²) in [5, 5.41) is 6.21. The number of carbonyl (C=O) groups excluding carboxylic acids is 1. The van der Waals surface area contributed by atoms with E-state index in [1.807, 2.05) is 48.1 Å². The summed E-state index contributed by atoms with van der Waals surface area (Å²) in [7, 11) is 1.94. The van der Waals surface area contributed by atoms with Crippen molar-refractivity contribution in [1.82, 2.24) is 25.1 Å². The fraction of sp³-hybridized carbons (Fsp3) is 0.545. The summed E-state index contributed by atoms with van der Waals surface area (Å²) in [5.74, 6) is 1.37. The van der Waals surface area contributed by atoms with Crippen molar-refractivity contribution in [2.24, 2.45) is 13.0 Å². The molecule has 2 heterocycles. The average Bonchev–Trinajstić information content (AvgIpc) is 3.16. The number of aryl methyl sites for hydroxylation is 1. The van der Waals surface area contributed by atoms with E-state index in [1.54, 1.807) is 6.20 Å². The number of nitrogens with zero attached hydrogens (tertiary/aromatic N) is 3. The maximum atomic E-state index is 12.8. The molecule has 158 valence electrons. The van der Waals surface area contributed by atoms with Crippen LogP contribution in [0.3, 0.4) is 0 Å². The monoisotopic (exact) mass is 399 g/mol. The summed E-state index contributed by atoms with van der Waals surface area (Å²) in [4.78, 5) is 19.7. The fourth-order valence-corrected chi connectivity index (χ4v) is 3.84. The molecule has 1 aliphatic rings. The van der Waals surface area contributed by atoms with Gasteiger partial charge >= 0.3 is 6.03 Å². The highest BCUT2D eigenvalue weighted by Gasteiger charge is 2.24. The fourth-order valence-electron chi connectivity index (χ4n) is 3.84. The van der Waals surface area contributed by atoms with Crippen LogP contribution in [0.25, 0.3) is 0 Å². The van der Waals surface area contributed by atoms with E-state index in [0.717, 1.165) is 44.1 Å². The number of benzene rings is 1. The normalized spacial score (nSPS) is 17.1. The SMILES string of the molecule is CC(C)CC(CNC(=O)NC(c1ccccc1)c1nccn1C)N1CCOCC1. The van der Waals surface area contributed by atoms with Crippen molar-refractivity contribution in [1.29, 1.82) is 0 Å². The van der Waals surface area contributed by atoms with Crippen molar-refractivity contribution in [2.45, 2.75) is 32.4 Å². The number of hydrogen-bond acceptors (Lipinski definition) is 4. The number of rotatable bonds is 8. The zero-order valence-corrected chi connectivity index (χ0v) is 17.7. The van der Waals surface area contributed by atoms with Crippen LogP contribution in [-0.2, 0) is 11.8 Å². The number of hydrogen-bond donors (Lipinski definition) is 2. The second-order valence-electron chi connectivity index (χ2n) is 8.03. The highest BCUT2D eigenvalue weighted by atomic mass is 16.5. The van der Waals surface area contributed by atoms with E-state index in [-0.39, 0.29) is 12.1 Å². The molecule has 1 saturated heterocycles. The van der Waals surface area contributed by atoms with Gasteiger partial charge in [0.2, 0.25) is 0 Å². The topological polar surface area (TPSA) is 71.4 Å². The second-order valence-corrected chi connectivity index (χ2v) is 8.03. The minimum atomic E-state index is -0.303. The van der Waals surface area contributed by atoms with Crippen LogP contribution in [0.15, 0.2) is 42.7 Å². The van der Waals surface area contributed by atoms with Gasteiger partial charge in [-0.25, -0.2) is 9.78 Å². The van der Waals surface area contributed by atoms with Gasteiger partial charge in [0.05, 0.1) is 13.2 Å². The third kappa shape index (κ3) is 6.05. The molecule has 0 bridgehead atoms. The third-order valence-electron chi connectivity index (χ3n) is 5.33. The number of carbonyl (C=O) groups is 1. The van der Waals surface area contributed by atoms with Crippen molar-refractivity contribution in [3.05, 3.63) is 54.1 Å². The standard InChI is InChI=1S/C22H33N5O2/c1-17(2)15-19(27-11-13-29-14-12-27)16-24-22(28)25-20(18-7-5-4-6-8-18)21-23-9-10-26(21)3/h4-10,17,19-20H,11-16H2,1-3H3,(H2,24,25,28). The number of ether oxygens (including phenoxy) is 1. The first-order valence-corrected chi connectivity index (χ1v) is 10.4. The van der Waals surface area contributed by atoms with Crippen LogP contribution in [0.4, 0.5) is 4.79 Å². The Balaban J connectivity index is 1.65. The molecule has 2 aromatic rings. The minimum absolute atomic E-state index is 0.177. The van der Waals surface area contributed by atoms with E-state index >= 15 is 0 Å². The van der Waals surface area contributed by atoms with Crippen molar-refractivity contribution in [2.75, 3.05) is 32.8 Å². The van der Waals surface area contributed by atoms with Gasteiger partial charge in [-0.1, -0.05) is 44.2 Å². The molecule has 1 aliphatic heterocycles. The van der Waals surface area contributed by atoms with Crippen molar-refractivity contribution < 1.29 is 9.53 Å². The van der Waals surface area contributed by atoms with E-state index < -0.39 is 0 Å². The Kier molecular flexibility index (Phi) is 7.66. The summed E-state index contributed by atoms with van der Waals surface area (Å²) >= 11 is 0. The molecule has 2 N–H and O–H groups in total. The Bertz CT molecular complexity index is 756. The van der Waals surface area contributed by atoms with Crippen LogP contribution in [0.5, 0.6) is 0 Å². The third-order valence-corrected chi connectivity index (χ3v) is 5.33. The zero-order chi connectivity index (χ0) is 20.6. The second kappa shape index (κ2) is 10.4. The molecular weight excluding hydrogens is 366 g/mol. The molecule has 1 aromatic heterocycles. The van der Waals surface area contributed by atoms with Gasteiger partial charge in [0.1, 0.15) is 11.9 Å². The first kappa shape index (κ1) is 21.3. The number of imidazole rings is 1. The molecule has 29 heavy (non-hydrogen) atoms. The first-order chi connectivity index (χ1) is 14.0.